The number of carbonyl (C=O) groups is 2. The van der Waals surface area contributed by atoms with Crippen molar-refractivity contribution in [3.05, 3.63) is 53.9 Å². The monoisotopic (exact) mass is 481 g/mol. The summed E-state index contributed by atoms with van der Waals surface area (Å²) in [6.07, 6.45) is 2.69. The fourth-order valence-electron chi connectivity index (χ4n) is 5.14. The lowest BCUT2D eigenvalue weighted by Gasteiger charge is -2.37. The first-order valence-electron chi connectivity index (χ1n) is 12.2. The molecular weight excluding hydrogens is 450 g/mol. The van der Waals surface area contributed by atoms with Crippen LogP contribution in [0.25, 0.3) is 0 Å². The predicted octanol–water partition coefficient (Wildman–Crippen LogP) is 2.15. The summed E-state index contributed by atoms with van der Waals surface area (Å²) in [6, 6.07) is 11.2. The second-order valence-electron chi connectivity index (χ2n) is 9.33. The molecule has 2 fully saturated rings. The van der Waals surface area contributed by atoms with E-state index >= 15 is 0 Å². The number of fused-ring (bicyclic) bond motifs is 3. The molecule has 2 aromatic rings. The molecule has 0 radical (unpaired) electrons. The zero-order valence-electron chi connectivity index (χ0n) is 19.5. The number of amides is 2. The van der Waals surface area contributed by atoms with Crippen LogP contribution in [0, 0.1) is 5.92 Å². The molecule has 3 N–H and O–H groups in total. The highest BCUT2D eigenvalue weighted by molar-refractivity contribution is 5.92. The van der Waals surface area contributed by atoms with Crippen molar-refractivity contribution < 1.29 is 28.9 Å². The van der Waals surface area contributed by atoms with Crippen LogP contribution >= 0.6 is 0 Å². The molecule has 1 aromatic heterocycles. The van der Waals surface area contributed by atoms with Gasteiger partial charge in [-0.3, -0.25) is 14.6 Å². The van der Waals surface area contributed by atoms with Crippen molar-refractivity contribution in [1.29, 1.82) is 0 Å². The van der Waals surface area contributed by atoms with Crippen molar-refractivity contribution in [2.45, 2.75) is 56.5 Å². The van der Waals surface area contributed by atoms with Gasteiger partial charge in [0.2, 0.25) is 11.8 Å². The summed E-state index contributed by atoms with van der Waals surface area (Å²) in [6.45, 7) is 1.37. The highest BCUT2D eigenvalue weighted by atomic mass is 16.6. The third-order valence-electron chi connectivity index (χ3n) is 6.96. The average Bonchev–Trinajstić information content (AvgIpc) is 3.26. The van der Waals surface area contributed by atoms with E-state index in [2.05, 4.69) is 15.6 Å². The summed E-state index contributed by atoms with van der Waals surface area (Å²) < 4.78 is 17.5. The van der Waals surface area contributed by atoms with Crippen LogP contribution in [-0.2, 0) is 25.6 Å². The molecule has 4 atom stereocenters. The average molecular weight is 482 g/mol. The van der Waals surface area contributed by atoms with Crippen LogP contribution in [0.1, 0.15) is 42.9 Å². The van der Waals surface area contributed by atoms with E-state index in [1.807, 2.05) is 36.4 Å². The summed E-state index contributed by atoms with van der Waals surface area (Å²) in [5.74, 6) is 0.520. The lowest BCUT2D eigenvalue weighted by atomic mass is 9.84. The maximum absolute atomic E-state index is 12.7. The van der Waals surface area contributed by atoms with Crippen LogP contribution in [-0.4, -0.2) is 60.0 Å². The standard InChI is InChI=1S/C26H31N3O6/c30-15-23-25-21(12-19(34-23)13-24(31)28-14-18-3-1-2-8-27-18)20-11-17(4-5-22(20)35-25)29-26(32)16-6-9-33-10-7-16/h1-5,8,11,16,19,21,23,25,30H,6-7,9-10,12-15H2,(H,28,31)(H,29,32)/t19-,21+,23+,25-/m1/s1. The zero-order chi connectivity index (χ0) is 24.2. The van der Waals surface area contributed by atoms with Gasteiger partial charge in [-0.2, -0.15) is 0 Å². The maximum Gasteiger partial charge on any atom is 0.227 e. The van der Waals surface area contributed by atoms with E-state index in [4.69, 9.17) is 14.2 Å². The number of anilines is 1. The Bertz CT molecular complexity index is 1040. The van der Waals surface area contributed by atoms with E-state index in [1.165, 1.54) is 0 Å². The Balaban J connectivity index is 1.24. The van der Waals surface area contributed by atoms with Gasteiger partial charge >= 0.3 is 0 Å². The van der Waals surface area contributed by atoms with Crippen LogP contribution in [0.5, 0.6) is 5.75 Å². The van der Waals surface area contributed by atoms with E-state index in [0.717, 1.165) is 35.5 Å². The van der Waals surface area contributed by atoms with Crippen LogP contribution in [0.4, 0.5) is 5.69 Å². The molecule has 2 saturated heterocycles. The molecule has 0 aliphatic carbocycles. The molecule has 0 bridgehead atoms. The number of hydrogen-bond donors (Lipinski definition) is 3. The highest BCUT2D eigenvalue weighted by Crippen LogP contribution is 2.47. The van der Waals surface area contributed by atoms with Gasteiger partial charge in [0, 0.05) is 42.5 Å². The molecule has 0 spiro atoms. The van der Waals surface area contributed by atoms with Gasteiger partial charge in [0.1, 0.15) is 18.0 Å². The molecule has 5 rings (SSSR count). The molecule has 35 heavy (non-hydrogen) atoms. The van der Waals surface area contributed by atoms with E-state index in [1.54, 1.807) is 6.20 Å². The smallest absolute Gasteiger partial charge is 0.227 e. The number of ether oxygens (including phenoxy) is 3. The second-order valence-corrected chi connectivity index (χ2v) is 9.33. The summed E-state index contributed by atoms with van der Waals surface area (Å²) in [5, 5.41) is 15.9. The Labute approximate surface area is 204 Å². The number of benzene rings is 1. The number of nitrogens with zero attached hydrogens (tertiary/aromatic N) is 1. The van der Waals surface area contributed by atoms with Gasteiger partial charge in [0.05, 0.1) is 31.4 Å². The van der Waals surface area contributed by atoms with Gasteiger partial charge < -0.3 is 30.0 Å². The van der Waals surface area contributed by atoms with E-state index < -0.39 is 6.10 Å². The number of aliphatic hydroxyl groups excluding tert-OH is 1. The minimum atomic E-state index is -0.532. The Morgan fingerprint density at radius 2 is 2.00 bits per heavy atom. The maximum atomic E-state index is 12.7. The third kappa shape index (κ3) is 5.47. The van der Waals surface area contributed by atoms with Crippen molar-refractivity contribution >= 4 is 17.5 Å². The number of pyridine rings is 1. The van der Waals surface area contributed by atoms with Gasteiger partial charge in [0.15, 0.2) is 0 Å². The lowest BCUT2D eigenvalue weighted by molar-refractivity contribution is -0.142. The number of hydrogen-bond acceptors (Lipinski definition) is 7. The molecule has 4 heterocycles. The largest absolute Gasteiger partial charge is 0.487 e. The first kappa shape index (κ1) is 23.7. The molecule has 9 nitrogen and oxygen atoms in total. The molecule has 9 heteroatoms. The zero-order valence-corrected chi connectivity index (χ0v) is 19.5. The van der Waals surface area contributed by atoms with Gasteiger partial charge in [-0.25, -0.2) is 0 Å². The van der Waals surface area contributed by atoms with Crippen molar-refractivity contribution in [3.8, 4) is 5.75 Å². The topological polar surface area (TPSA) is 119 Å². The van der Waals surface area contributed by atoms with Crippen LogP contribution in [0.2, 0.25) is 0 Å². The Kier molecular flexibility index (Phi) is 7.26. The highest BCUT2D eigenvalue weighted by Gasteiger charge is 2.46. The fraction of sp³-hybridized carbons (Fsp3) is 0.500. The summed E-state index contributed by atoms with van der Waals surface area (Å²) >= 11 is 0. The van der Waals surface area contributed by atoms with Crippen molar-refractivity contribution in [1.82, 2.24) is 10.3 Å². The predicted molar refractivity (Wildman–Crippen MR) is 127 cm³/mol. The molecule has 0 saturated carbocycles. The lowest BCUT2D eigenvalue weighted by Crippen LogP contribution is -2.47. The minimum absolute atomic E-state index is 0.00591. The van der Waals surface area contributed by atoms with E-state index in [9.17, 15) is 14.7 Å². The SMILES string of the molecule is O=C(C[C@H]1C[C@H]2c3cc(NC(=O)C4CCOCC4)ccc3O[C@H]2[C@H](CO)O1)NCc1ccccn1. The minimum Gasteiger partial charge on any atom is -0.487 e. The quantitative estimate of drug-likeness (QED) is 0.554. The molecule has 0 unspecified atom stereocenters. The molecule has 3 aliphatic heterocycles. The van der Waals surface area contributed by atoms with Crippen molar-refractivity contribution in [2.24, 2.45) is 5.92 Å². The summed E-state index contributed by atoms with van der Waals surface area (Å²) in [7, 11) is 0. The molecule has 3 aliphatic rings. The number of carbonyl (C=O) groups excluding carboxylic acids is 2. The van der Waals surface area contributed by atoms with Gasteiger partial charge in [-0.15, -0.1) is 0 Å². The third-order valence-corrected chi connectivity index (χ3v) is 6.96. The number of rotatable bonds is 7. The van der Waals surface area contributed by atoms with E-state index in [-0.39, 0.29) is 48.9 Å². The Morgan fingerprint density at radius 1 is 1.14 bits per heavy atom. The summed E-state index contributed by atoms with van der Waals surface area (Å²) in [4.78, 5) is 29.5. The molecule has 2 amide bonds. The van der Waals surface area contributed by atoms with Gasteiger partial charge in [-0.05, 0) is 49.6 Å². The first-order chi connectivity index (χ1) is 17.1. The van der Waals surface area contributed by atoms with Crippen LogP contribution in [0.3, 0.4) is 0 Å². The Hall–Kier alpha value is -3.01. The Morgan fingerprint density at radius 3 is 2.77 bits per heavy atom. The van der Waals surface area contributed by atoms with E-state index in [0.29, 0.717) is 26.2 Å². The molecule has 1 aromatic carbocycles. The van der Waals surface area contributed by atoms with Crippen molar-refractivity contribution in [3.63, 3.8) is 0 Å². The summed E-state index contributed by atoms with van der Waals surface area (Å²) in [5.41, 5.74) is 2.48. The second kappa shape index (κ2) is 10.7. The van der Waals surface area contributed by atoms with Crippen LogP contribution < -0.4 is 15.4 Å². The first-order valence-corrected chi connectivity index (χ1v) is 12.2. The van der Waals surface area contributed by atoms with Gasteiger partial charge in [0.25, 0.3) is 0 Å². The van der Waals surface area contributed by atoms with Gasteiger partial charge in [-0.1, -0.05) is 6.07 Å². The molecule has 186 valence electrons. The van der Waals surface area contributed by atoms with Crippen LogP contribution in [0.15, 0.2) is 42.6 Å². The molecular formula is C26H31N3O6. The number of nitrogens with one attached hydrogen (secondary N) is 2. The van der Waals surface area contributed by atoms with Crippen molar-refractivity contribution in [2.75, 3.05) is 25.1 Å². The number of aromatic nitrogens is 1. The normalized spacial score (nSPS) is 25.7. The fourth-order valence-corrected chi connectivity index (χ4v) is 5.14. The number of aliphatic hydroxyl groups is 1.